The second-order valence-electron chi connectivity index (χ2n) is 4.06. The summed E-state index contributed by atoms with van der Waals surface area (Å²) in [7, 11) is 4.96. The molecule has 0 saturated heterocycles. The maximum Gasteiger partial charge on any atom is 0.245 e. The second-order valence-corrected chi connectivity index (χ2v) is 4.06. The normalized spacial score (nSPS) is 11.8. The van der Waals surface area contributed by atoms with E-state index in [0.717, 1.165) is 0 Å². The molecule has 0 spiro atoms. The van der Waals surface area contributed by atoms with E-state index < -0.39 is 6.04 Å². The Morgan fingerprint density at radius 1 is 1.35 bits per heavy atom. The number of carbonyl (C=O) groups is 3. The van der Waals surface area contributed by atoms with Gasteiger partial charge in [-0.25, -0.2) is 0 Å². The van der Waals surface area contributed by atoms with Crippen LogP contribution in [0.15, 0.2) is 0 Å². The number of amides is 2. The zero-order chi connectivity index (χ0) is 13.4. The first-order chi connectivity index (χ1) is 7.93. The van der Waals surface area contributed by atoms with Gasteiger partial charge in [-0.2, -0.15) is 0 Å². The van der Waals surface area contributed by atoms with Crippen molar-refractivity contribution in [2.75, 3.05) is 34.2 Å². The van der Waals surface area contributed by atoms with Crippen LogP contribution in [-0.4, -0.2) is 68.2 Å². The number of nitrogens with one attached hydrogen (secondary N) is 1. The smallest absolute Gasteiger partial charge is 0.245 e. The summed E-state index contributed by atoms with van der Waals surface area (Å²) in [6.45, 7) is 2.61. The summed E-state index contributed by atoms with van der Waals surface area (Å²) < 4.78 is 0. The van der Waals surface area contributed by atoms with E-state index in [2.05, 4.69) is 5.32 Å². The maximum atomic E-state index is 12.0. The Morgan fingerprint density at radius 2 is 1.94 bits per heavy atom. The first kappa shape index (κ1) is 15.6. The molecule has 0 aromatic carbocycles. The van der Waals surface area contributed by atoms with Gasteiger partial charge in [0.25, 0.3) is 0 Å². The fourth-order valence-corrected chi connectivity index (χ4v) is 1.40. The molecule has 0 fully saturated rings. The molecule has 0 rings (SSSR count). The van der Waals surface area contributed by atoms with Gasteiger partial charge in [0.15, 0.2) is 0 Å². The lowest BCUT2D eigenvalue weighted by Gasteiger charge is -2.27. The van der Waals surface area contributed by atoms with E-state index in [1.165, 1.54) is 23.8 Å². The van der Waals surface area contributed by atoms with Crippen LogP contribution >= 0.6 is 0 Å². The predicted octanol–water partition coefficient (Wildman–Crippen LogP) is -0.900. The summed E-state index contributed by atoms with van der Waals surface area (Å²) in [5.74, 6) is -0.330. The third-order valence-electron chi connectivity index (χ3n) is 2.50. The quantitative estimate of drug-likeness (QED) is 0.561. The second kappa shape index (κ2) is 7.78. The molecule has 0 aliphatic heterocycles. The molecule has 98 valence electrons. The van der Waals surface area contributed by atoms with Crippen LogP contribution < -0.4 is 5.32 Å². The summed E-state index contributed by atoms with van der Waals surface area (Å²) in [6, 6.07) is -0.702. The van der Waals surface area contributed by atoms with Gasteiger partial charge >= 0.3 is 0 Å². The molecule has 0 aliphatic rings. The SMILES string of the molecule is CNCCN(C)C(=O)C(CC(C)=O)N(C)C=O. The van der Waals surface area contributed by atoms with Crippen molar-refractivity contribution >= 4 is 18.1 Å². The lowest BCUT2D eigenvalue weighted by Crippen LogP contribution is -2.47. The standard InChI is InChI=1S/C11H21N3O3/c1-9(16)7-10(14(4)8-15)11(17)13(3)6-5-12-2/h8,10,12H,5-7H2,1-4H3. The van der Waals surface area contributed by atoms with Crippen LogP contribution in [0.3, 0.4) is 0 Å². The minimum Gasteiger partial charge on any atom is -0.343 e. The average Bonchev–Trinajstić information content (AvgIpc) is 2.30. The monoisotopic (exact) mass is 243 g/mol. The van der Waals surface area contributed by atoms with Crippen LogP contribution in [0.25, 0.3) is 0 Å². The average molecular weight is 243 g/mol. The van der Waals surface area contributed by atoms with Gasteiger partial charge in [-0.1, -0.05) is 0 Å². The molecule has 6 heteroatoms. The number of nitrogens with zero attached hydrogens (tertiary/aromatic N) is 2. The molecular formula is C11H21N3O3. The van der Waals surface area contributed by atoms with Gasteiger partial charge in [0.05, 0.1) is 0 Å². The topological polar surface area (TPSA) is 69.7 Å². The lowest BCUT2D eigenvalue weighted by atomic mass is 10.1. The Balaban J connectivity index is 4.61. The van der Waals surface area contributed by atoms with Crippen molar-refractivity contribution < 1.29 is 14.4 Å². The first-order valence-corrected chi connectivity index (χ1v) is 5.50. The number of hydrogen-bond donors (Lipinski definition) is 1. The molecule has 0 aromatic rings. The number of ketones is 1. The van der Waals surface area contributed by atoms with Crippen molar-refractivity contribution in [2.24, 2.45) is 0 Å². The number of Topliss-reactive ketones (excluding diaryl/α,β-unsaturated/α-hetero) is 1. The molecule has 0 aliphatic carbocycles. The molecule has 0 bridgehead atoms. The third kappa shape index (κ3) is 5.44. The van der Waals surface area contributed by atoms with Crippen LogP contribution in [0.1, 0.15) is 13.3 Å². The Kier molecular flexibility index (Phi) is 7.13. The van der Waals surface area contributed by atoms with E-state index in [1.54, 1.807) is 14.1 Å². The van der Waals surface area contributed by atoms with Crippen LogP contribution in [0.2, 0.25) is 0 Å². The molecular weight excluding hydrogens is 222 g/mol. The summed E-state index contributed by atoms with van der Waals surface area (Å²) in [6.07, 6.45) is 0.620. The minimum atomic E-state index is -0.702. The van der Waals surface area contributed by atoms with Crippen LogP contribution in [0.4, 0.5) is 0 Å². The van der Waals surface area contributed by atoms with Gasteiger partial charge < -0.3 is 15.1 Å². The minimum absolute atomic E-state index is 0.0535. The van der Waals surface area contributed by atoms with Crippen molar-refractivity contribution in [3.8, 4) is 0 Å². The van der Waals surface area contributed by atoms with E-state index >= 15 is 0 Å². The van der Waals surface area contributed by atoms with Crippen molar-refractivity contribution in [3.05, 3.63) is 0 Å². The Labute approximate surface area is 102 Å². The number of likely N-dealkylation sites (N-methyl/N-ethyl adjacent to an activating group) is 3. The van der Waals surface area contributed by atoms with Crippen molar-refractivity contribution in [3.63, 3.8) is 0 Å². The van der Waals surface area contributed by atoms with Gasteiger partial charge in [-0.3, -0.25) is 14.4 Å². The maximum absolute atomic E-state index is 12.0. The fraction of sp³-hybridized carbons (Fsp3) is 0.727. The van der Waals surface area contributed by atoms with Crippen LogP contribution in [0.5, 0.6) is 0 Å². The molecule has 0 aromatic heterocycles. The van der Waals surface area contributed by atoms with E-state index in [0.29, 0.717) is 19.5 Å². The molecule has 6 nitrogen and oxygen atoms in total. The van der Waals surface area contributed by atoms with Crippen molar-refractivity contribution in [1.82, 2.24) is 15.1 Å². The first-order valence-electron chi connectivity index (χ1n) is 5.50. The largest absolute Gasteiger partial charge is 0.343 e. The van der Waals surface area contributed by atoms with E-state index in [9.17, 15) is 14.4 Å². The highest BCUT2D eigenvalue weighted by Crippen LogP contribution is 2.05. The molecule has 17 heavy (non-hydrogen) atoms. The summed E-state index contributed by atoms with van der Waals surface area (Å²) in [4.78, 5) is 36.6. The van der Waals surface area contributed by atoms with Gasteiger partial charge in [0, 0.05) is 33.6 Å². The van der Waals surface area contributed by atoms with Gasteiger partial charge in [0.2, 0.25) is 12.3 Å². The van der Waals surface area contributed by atoms with E-state index in [-0.39, 0.29) is 18.1 Å². The van der Waals surface area contributed by atoms with Crippen LogP contribution in [-0.2, 0) is 14.4 Å². The molecule has 1 N–H and O–H groups in total. The highest BCUT2D eigenvalue weighted by atomic mass is 16.2. The molecule has 1 atom stereocenters. The Bertz CT molecular complexity index is 281. The molecule has 1 unspecified atom stereocenters. The zero-order valence-electron chi connectivity index (χ0n) is 10.9. The van der Waals surface area contributed by atoms with Crippen molar-refractivity contribution in [2.45, 2.75) is 19.4 Å². The number of rotatable bonds is 8. The summed E-state index contributed by atoms with van der Waals surface area (Å²) in [5.41, 5.74) is 0. The highest BCUT2D eigenvalue weighted by molar-refractivity contribution is 5.89. The number of hydrogen-bond acceptors (Lipinski definition) is 4. The van der Waals surface area contributed by atoms with Crippen LogP contribution in [0, 0.1) is 0 Å². The fourth-order valence-electron chi connectivity index (χ4n) is 1.40. The van der Waals surface area contributed by atoms with Gasteiger partial charge in [-0.05, 0) is 14.0 Å². The number of carbonyl (C=O) groups excluding carboxylic acids is 3. The third-order valence-corrected chi connectivity index (χ3v) is 2.50. The Morgan fingerprint density at radius 3 is 2.35 bits per heavy atom. The summed E-state index contributed by atoms with van der Waals surface area (Å²) >= 11 is 0. The predicted molar refractivity (Wildman–Crippen MR) is 64.5 cm³/mol. The molecule has 0 saturated carbocycles. The lowest BCUT2D eigenvalue weighted by molar-refractivity contribution is -0.140. The van der Waals surface area contributed by atoms with Gasteiger partial charge in [-0.15, -0.1) is 0 Å². The molecule has 0 heterocycles. The van der Waals surface area contributed by atoms with E-state index in [4.69, 9.17) is 0 Å². The van der Waals surface area contributed by atoms with E-state index in [1.807, 2.05) is 0 Å². The van der Waals surface area contributed by atoms with Gasteiger partial charge in [0.1, 0.15) is 11.8 Å². The zero-order valence-corrected chi connectivity index (χ0v) is 10.9. The molecule has 2 amide bonds. The highest BCUT2D eigenvalue weighted by Gasteiger charge is 2.26. The molecule has 0 radical (unpaired) electrons. The van der Waals surface area contributed by atoms with Crippen molar-refractivity contribution in [1.29, 1.82) is 0 Å². The Hall–Kier alpha value is -1.43. The summed E-state index contributed by atoms with van der Waals surface area (Å²) in [5, 5.41) is 2.93.